The van der Waals surface area contributed by atoms with E-state index in [4.69, 9.17) is 0 Å². The molecule has 2 N–H and O–H groups in total. The highest BCUT2D eigenvalue weighted by Crippen LogP contribution is 2.36. The van der Waals surface area contributed by atoms with Crippen molar-refractivity contribution in [1.29, 1.82) is 0 Å². The predicted octanol–water partition coefficient (Wildman–Crippen LogP) is 2.03. The fraction of sp³-hybridized carbons (Fsp3) is 0.235. The average Bonchev–Trinajstić information content (AvgIpc) is 2.74. The van der Waals surface area contributed by atoms with Gasteiger partial charge in [0.25, 0.3) is 5.91 Å². The minimum absolute atomic E-state index is 0.0748. The van der Waals surface area contributed by atoms with Gasteiger partial charge >= 0.3 is 6.03 Å². The lowest BCUT2D eigenvalue weighted by molar-refractivity contribution is -0.118. The van der Waals surface area contributed by atoms with Crippen LogP contribution in [0.15, 0.2) is 36.4 Å². The van der Waals surface area contributed by atoms with Gasteiger partial charge in [-0.15, -0.1) is 0 Å². The molecule has 1 aliphatic rings. The lowest BCUT2D eigenvalue weighted by atomic mass is 10.1. The molecule has 0 atom stereocenters. The molecule has 6 nitrogen and oxygen atoms in total. The molecule has 0 aliphatic carbocycles. The van der Waals surface area contributed by atoms with Gasteiger partial charge in [0.05, 0.1) is 5.69 Å². The quantitative estimate of drug-likeness (QED) is 0.910. The van der Waals surface area contributed by atoms with Crippen LogP contribution in [0.1, 0.15) is 24.2 Å². The normalized spacial score (nSPS) is 12.8. The molecule has 23 heavy (non-hydrogen) atoms. The second-order valence-electron chi connectivity index (χ2n) is 5.75. The molecular weight excluding hydrogens is 294 g/mol. The number of carbonyl (C=O) groups is 3. The Morgan fingerprint density at radius 2 is 1.83 bits per heavy atom. The number of urea groups is 1. The lowest BCUT2D eigenvalue weighted by Crippen LogP contribution is -2.47. The Bertz CT molecular complexity index is 809. The smallest absolute Gasteiger partial charge is 0.321 e. The number of amides is 4. The number of hydrogen-bond donors (Lipinski definition) is 2. The van der Waals surface area contributed by atoms with Gasteiger partial charge in [-0.3, -0.25) is 19.8 Å². The molecule has 118 valence electrons. The van der Waals surface area contributed by atoms with Gasteiger partial charge in [-0.25, -0.2) is 4.79 Å². The molecule has 0 spiro atoms. The van der Waals surface area contributed by atoms with Crippen LogP contribution in [0.5, 0.6) is 0 Å². The van der Waals surface area contributed by atoms with Crippen molar-refractivity contribution < 1.29 is 14.4 Å². The van der Waals surface area contributed by atoms with Crippen LogP contribution in [-0.4, -0.2) is 30.4 Å². The van der Waals surface area contributed by atoms with Crippen LogP contribution in [-0.2, 0) is 4.79 Å². The number of rotatable bonds is 3. The first-order chi connectivity index (χ1) is 11.0. The van der Waals surface area contributed by atoms with Crippen molar-refractivity contribution >= 4 is 34.3 Å². The topological polar surface area (TPSA) is 78.5 Å². The first kappa shape index (κ1) is 15.0. The zero-order valence-corrected chi connectivity index (χ0v) is 12.9. The summed E-state index contributed by atoms with van der Waals surface area (Å²) in [5.74, 6) is -0.752. The van der Waals surface area contributed by atoms with E-state index < -0.39 is 11.9 Å². The summed E-state index contributed by atoms with van der Waals surface area (Å²) >= 11 is 0. The predicted molar refractivity (Wildman–Crippen MR) is 87.4 cm³/mol. The molecule has 4 amide bonds. The number of benzene rings is 2. The largest absolute Gasteiger partial charge is 0.336 e. The Labute approximate surface area is 133 Å². The van der Waals surface area contributed by atoms with E-state index in [1.165, 1.54) is 4.90 Å². The number of hydrogen-bond acceptors (Lipinski definition) is 3. The van der Waals surface area contributed by atoms with Crippen molar-refractivity contribution in [1.82, 2.24) is 10.6 Å². The second kappa shape index (κ2) is 5.72. The summed E-state index contributed by atoms with van der Waals surface area (Å²) < 4.78 is 0. The van der Waals surface area contributed by atoms with E-state index in [2.05, 4.69) is 10.6 Å². The molecule has 6 heteroatoms. The minimum atomic E-state index is -0.563. The van der Waals surface area contributed by atoms with Gasteiger partial charge in [0.2, 0.25) is 5.91 Å². The number of carbonyl (C=O) groups excluding carboxylic acids is 3. The van der Waals surface area contributed by atoms with Crippen molar-refractivity contribution in [2.45, 2.75) is 19.9 Å². The third-order valence-electron chi connectivity index (χ3n) is 3.62. The van der Waals surface area contributed by atoms with Crippen LogP contribution >= 0.6 is 0 Å². The first-order valence-corrected chi connectivity index (χ1v) is 7.41. The van der Waals surface area contributed by atoms with Crippen molar-refractivity contribution in [3.63, 3.8) is 0 Å². The van der Waals surface area contributed by atoms with E-state index in [0.717, 1.165) is 10.8 Å². The van der Waals surface area contributed by atoms with Gasteiger partial charge in [-0.2, -0.15) is 0 Å². The summed E-state index contributed by atoms with van der Waals surface area (Å²) in [5.41, 5.74) is 1.28. The molecule has 0 bridgehead atoms. The maximum absolute atomic E-state index is 12.5. The summed E-state index contributed by atoms with van der Waals surface area (Å²) in [6.07, 6.45) is 0. The second-order valence-corrected chi connectivity index (χ2v) is 5.75. The third kappa shape index (κ3) is 2.75. The van der Waals surface area contributed by atoms with Crippen LogP contribution in [0.2, 0.25) is 0 Å². The van der Waals surface area contributed by atoms with Gasteiger partial charge in [-0.1, -0.05) is 24.3 Å². The Morgan fingerprint density at radius 1 is 1.13 bits per heavy atom. The van der Waals surface area contributed by atoms with Gasteiger partial charge in [0, 0.05) is 17.0 Å². The van der Waals surface area contributed by atoms with E-state index in [1.807, 2.05) is 24.3 Å². The summed E-state index contributed by atoms with van der Waals surface area (Å²) in [5, 5.41) is 6.61. The monoisotopic (exact) mass is 311 g/mol. The molecule has 0 aromatic heterocycles. The maximum atomic E-state index is 12.5. The molecular formula is C17H17N3O3. The van der Waals surface area contributed by atoms with Crippen LogP contribution in [0.4, 0.5) is 10.5 Å². The van der Waals surface area contributed by atoms with Gasteiger partial charge in [0.15, 0.2) is 0 Å². The summed E-state index contributed by atoms with van der Waals surface area (Å²) in [6, 6.07) is 10.4. The van der Waals surface area contributed by atoms with Crippen LogP contribution in [0.3, 0.4) is 0 Å². The van der Waals surface area contributed by atoms with Crippen LogP contribution < -0.4 is 15.5 Å². The van der Waals surface area contributed by atoms with Crippen molar-refractivity contribution in [3.05, 3.63) is 42.0 Å². The maximum Gasteiger partial charge on any atom is 0.321 e. The molecule has 2 aromatic carbocycles. The van der Waals surface area contributed by atoms with Crippen LogP contribution in [0, 0.1) is 0 Å². The standard InChI is InChI=1S/C17H17N3O3/c1-10(2)18-17(23)19-14(21)9-20-13-8-4-6-11-5-3-7-12(15(11)13)16(20)22/h3-8,10H,9H2,1-2H3,(H2,18,19,21,23). The van der Waals surface area contributed by atoms with Crippen LogP contribution in [0.25, 0.3) is 10.8 Å². The Morgan fingerprint density at radius 3 is 2.52 bits per heavy atom. The average molecular weight is 311 g/mol. The molecule has 1 heterocycles. The van der Waals surface area contributed by atoms with Crippen molar-refractivity contribution in [2.24, 2.45) is 0 Å². The number of anilines is 1. The summed E-state index contributed by atoms with van der Waals surface area (Å²) in [4.78, 5) is 37.5. The van der Waals surface area contributed by atoms with Crippen molar-refractivity contribution in [3.8, 4) is 0 Å². The van der Waals surface area contributed by atoms with E-state index in [-0.39, 0.29) is 18.5 Å². The number of nitrogens with one attached hydrogen (secondary N) is 2. The number of nitrogens with zero attached hydrogens (tertiary/aromatic N) is 1. The van der Waals surface area contributed by atoms with E-state index in [1.54, 1.807) is 26.0 Å². The Kier molecular flexibility index (Phi) is 3.73. The fourth-order valence-electron chi connectivity index (χ4n) is 2.74. The lowest BCUT2D eigenvalue weighted by Gasteiger charge is -2.17. The Balaban J connectivity index is 1.81. The highest BCUT2D eigenvalue weighted by atomic mass is 16.2. The molecule has 0 fully saturated rings. The molecule has 0 saturated carbocycles. The summed E-state index contributed by atoms with van der Waals surface area (Å²) in [7, 11) is 0. The third-order valence-corrected chi connectivity index (χ3v) is 3.62. The van der Waals surface area contributed by atoms with Gasteiger partial charge < -0.3 is 5.32 Å². The highest BCUT2D eigenvalue weighted by Gasteiger charge is 2.31. The van der Waals surface area contributed by atoms with E-state index in [0.29, 0.717) is 11.3 Å². The minimum Gasteiger partial charge on any atom is -0.336 e. The molecule has 0 saturated heterocycles. The molecule has 3 rings (SSSR count). The van der Waals surface area contributed by atoms with Crippen molar-refractivity contribution in [2.75, 3.05) is 11.4 Å². The number of imide groups is 1. The zero-order chi connectivity index (χ0) is 16.6. The van der Waals surface area contributed by atoms with E-state index >= 15 is 0 Å². The molecule has 0 unspecified atom stereocenters. The van der Waals surface area contributed by atoms with Gasteiger partial charge in [0.1, 0.15) is 6.54 Å². The highest BCUT2D eigenvalue weighted by molar-refractivity contribution is 6.26. The molecule has 1 aliphatic heterocycles. The molecule has 0 radical (unpaired) electrons. The van der Waals surface area contributed by atoms with Gasteiger partial charge in [-0.05, 0) is 31.4 Å². The zero-order valence-electron chi connectivity index (χ0n) is 12.9. The molecule has 2 aromatic rings. The SMILES string of the molecule is CC(C)NC(=O)NC(=O)CN1C(=O)c2cccc3cccc1c23. The first-order valence-electron chi connectivity index (χ1n) is 7.41. The Hall–Kier alpha value is -2.89. The fourth-order valence-corrected chi connectivity index (χ4v) is 2.74. The van der Waals surface area contributed by atoms with E-state index in [9.17, 15) is 14.4 Å². The summed E-state index contributed by atoms with van der Waals surface area (Å²) in [6.45, 7) is 3.40.